The van der Waals surface area contributed by atoms with Crippen LogP contribution in [0.4, 0.5) is 0 Å². The molecule has 0 atom stereocenters. The molecule has 0 amide bonds. The van der Waals surface area contributed by atoms with E-state index in [1.807, 2.05) is 38.2 Å². The summed E-state index contributed by atoms with van der Waals surface area (Å²) in [6.45, 7) is 7.44. The quantitative estimate of drug-likeness (QED) is 0.558. The van der Waals surface area contributed by atoms with E-state index in [-0.39, 0.29) is 6.10 Å². The third-order valence-electron chi connectivity index (χ3n) is 0.496. The number of hydrogen-bond donors (Lipinski definition) is 1. The Kier molecular flexibility index (Phi) is 13.7. The van der Waals surface area contributed by atoms with E-state index in [1.54, 1.807) is 13.8 Å². The predicted molar refractivity (Wildman–Crippen MR) is 47.0 cm³/mol. The van der Waals surface area contributed by atoms with Gasteiger partial charge in [0, 0.05) is 6.10 Å². The third-order valence-corrected chi connectivity index (χ3v) is 0.496. The molecule has 1 nitrogen and oxygen atoms in total. The Morgan fingerprint density at radius 1 is 1.00 bits per heavy atom. The maximum atomic E-state index is 8.06. The van der Waals surface area contributed by atoms with Crippen molar-refractivity contribution in [1.82, 2.24) is 0 Å². The number of aliphatic hydroxyl groups is 1. The van der Waals surface area contributed by atoms with Gasteiger partial charge in [0.1, 0.15) is 0 Å². The fraction of sp³-hybridized carbons (Fsp3) is 0.556. The van der Waals surface area contributed by atoms with E-state index in [9.17, 15) is 0 Å². The lowest BCUT2D eigenvalue weighted by molar-refractivity contribution is 0.216. The zero-order valence-electron chi connectivity index (χ0n) is 7.33. The number of hydrogen-bond acceptors (Lipinski definition) is 1. The molecule has 1 N–H and O–H groups in total. The van der Waals surface area contributed by atoms with Crippen LogP contribution in [0, 0.1) is 0 Å². The van der Waals surface area contributed by atoms with Crippen molar-refractivity contribution in [2.45, 2.75) is 33.8 Å². The van der Waals surface area contributed by atoms with Crippen LogP contribution in [-0.4, -0.2) is 11.2 Å². The summed E-state index contributed by atoms with van der Waals surface area (Å²) < 4.78 is 0. The zero-order chi connectivity index (χ0) is 8.41. The molecule has 0 saturated heterocycles. The monoisotopic (exact) mass is 142 g/mol. The Balaban J connectivity index is 0. The molecule has 0 fully saturated rings. The maximum absolute atomic E-state index is 8.06. The largest absolute Gasteiger partial charge is 0.394 e. The summed E-state index contributed by atoms with van der Waals surface area (Å²) in [6.07, 6.45) is 7.83. The van der Waals surface area contributed by atoms with Gasteiger partial charge in [-0.05, 0) is 27.7 Å². The van der Waals surface area contributed by atoms with E-state index in [0.717, 1.165) is 0 Å². The summed E-state index contributed by atoms with van der Waals surface area (Å²) >= 11 is 0. The smallest absolute Gasteiger partial charge is 0.0483 e. The van der Waals surface area contributed by atoms with Crippen LogP contribution in [0.3, 0.4) is 0 Å². The Morgan fingerprint density at radius 2 is 1.20 bits per heavy atom. The molecule has 0 aromatic heterocycles. The summed E-state index contributed by atoms with van der Waals surface area (Å²) in [4.78, 5) is 0. The SMILES string of the molecule is CC(C)O.CC=CC=CC. The van der Waals surface area contributed by atoms with Crippen molar-refractivity contribution >= 4 is 0 Å². The molecular weight excluding hydrogens is 124 g/mol. The molecule has 0 unspecified atom stereocenters. The van der Waals surface area contributed by atoms with E-state index < -0.39 is 0 Å². The van der Waals surface area contributed by atoms with E-state index >= 15 is 0 Å². The van der Waals surface area contributed by atoms with Crippen LogP contribution in [0.5, 0.6) is 0 Å². The Labute approximate surface area is 64.1 Å². The van der Waals surface area contributed by atoms with Crippen LogP contribution >= 0.6 is 0 Å². The van der Waals surface area contributed by atoms with Crippen LogP contribution in [-0.2, 0) is 0 Å². The van der Waals surface area contributed by atoms with Gasteiger partial charge in [0.25, 0.3) is 0 Å². The van der Waals surface area contributed by atoms with Gasteiger partial charge in [0.15, 0.2) is 0 Å². The fourth-order valence-electron chi connectivity index (χ4n) is 0.222. The van der Waals surface area contributed by atoms with Crippen molar-refractivity contribution in [3.05, 3.63) is 24.3 Å². The van der Waals surface area contributed by atoms with E-state index in [1.165, 1.54) is 0 Å². The summed E-state index contributed by atoms with van der Waals surface area (Å²) in [5, 5.41) is 8.06. The van der Waals surface area contributed by atoms with E-state index in [2.05, 4.69) is 0 Å². The molecule has 0 aliphatic rings. The second-order valence-electron chi connectivity index (χ2n) is 2.15. The highest BCUT2D eigenvalue weighted by Gasteiger charge is 1.69. The Morgan fingerprint density at radius 3 is 1.30 bits per heavy atom. The molecule has 0 aromatic carbocycles. The molecular formula is C9H18O. The summed E-state index contributed by atoms with van der Waals surface area (Å²) in [7, 11) is 0. The molecule has 0 bridgehead atoms. The molecule has 60 valence electrons. The van der Waals surface area contributed by atoms with Gasteiger partial charge in [0.05, 0.1) is 0 Å². The van der Waals surface area contributed by atoms with Gasteiger partial charge in [-0.15, -0.1) is 0 Å². The van der Waals surface area contributed by atoms with Crippen molar-refractivity contribution in [2.24, 2.45) is 0 Å². The topological polar surface area (TPSA) is 20.2 Å². The van der Waals surface area contributed by atoms with Crippen LogP contribution < -0.4 is 0 Å². The lowest BCUT2D eigenvalue weighted by Crippen LogP contribution is -1.85. The third kappa shape index (κ3) is 51.8. The van der Waals surface area contributed by atoms with Gasteiger partial charge in [-0.25, -0.2) is 0 Å². The van der Waals surface area contributed by atoms with E-state index in [0.29, 0.717) is 0 Å². The minimum absolute atomic E-state index is 0.167. The second-order valence-corrected chi connectivity index (χ2v) is 2.15. The summed E-state index contributed by atoms with van der Waals surface area (Å²) in [5.41, 5.74) is 0. The van der Waals surface area contributed by atoms with Crippen molar-refractivity contribution in [1.29, 1.82) is 0 Å². The minimum Gasteiger partial charge on any atom is -0.394 e. The fourth-order valence-corrected chi connectivity index (χ4v) is 0.222. The summed E-state index contributed by atoms with van der Waals surface area (Å²) in [6, 6.07) is 0. The second kappa shape index (κ2) is 11.3. The molecule has 0 aliphatic heterocycles. The average Bonchev–Trinajstić information content (AvgIpc) is 1.82. The molecule has 0 rings (SSSR count). The summed E-state index contributed by atoms with van der Waals surface area (Å²) in [5.74, 6) is 0. The van der Waals surface area contributed by atoms with Gasteiger partial charge < -0.3 is 5.11 Å². The standard InChI is InChI=1S/C6H10.C3H8O/c1-3-5-6-4-2;1-3(2)4/h3-6H,1-2H3;3-4H,1-2H3. The first kappa shape index (κ1) is 12.1. The molecule has 0 heterocycles. The Hall–Kier alpha value is -0.560. The van der Waals surface area contributed by atoms with Gasteiger partial charge in [0.2, 0.25) is 0 Å². The van der Waals surface area contributed by atoms with Gasteiger partial charge in [-0.2, -0.15) is 0 Å². The molecule has 0 radical (unpaired) electrons. The average molecular weight is 142 g/mol. The number of aliphatic hydroxyl groups excluding tert-OH is 1. The molecule has 0 saturated carbocycles. The van der Waals surface area contributed by atoms with Crippen LogP contribution in [0.15, 0.2) is 24.3 Å². The Bertz CT molecular complexity index is 78.1. The first-order chi connectivity index (χ1) is 4.65. The molecule has 0 aromatic rings. The first-order valence-corrected chi connectivity index (χ1v) is 3.57. The molecule has 0 spiro atoms. The zero-order valence-corrected chi connectivity index (χ0v) is 7.33. The van der Waals surface area contributed by atoms with Crippen LogP contribution in [0.2, 0.25) is 0 Å². The molecule has 1 heteroatoms. The van der Waals surface area contributed by atoms with Gasteiger partial charge in [-0.1, -0.05) is 24.3 Å². The predicted octanol–water partition coefficient (Wildman–Crippen LogP) is 2.53. The first-order valence-electron chi connectivity index (χ1n) is 3.57. The van der Waals surface area contributed by atoms with Crippen LogP contribution in [0.1, 0.15) is 27.7 Å². The lowest BCUT2D eigenvalue weighted by Gasteiger charge is -1.80. The normalized spacial score (nSPS) is 10.6. The highest BCUT2D eigenvalue weighted by molar-refractivity contribution is 4.98. The van der Waals surface area contributed by atoms with Gasteiger partial charge >= 0.3 is 0 Å². The maximum Gasteiger partial charge on any atom is 0.0483 e. The highest BCUT2D eigenvalue weighted by atomic mass is 16.3. The van der Waals surface area contributed by atoms with Crippen molar-refractivity contribution < 1.29 is 5.11 Å². The van der Waals surface area contributed by atoms with Crippen LogP contribution in [0.25, 0.3) is 0 Å². The number of allylic oxidation sites excluding steroid dienone is 4. The van der Waals surface area contributed by atoms with E-state index in [4.69, 9.17) is 5.11 Å². The van der Waals surface area contributed by atoms with Crippen molar-refractivity contribution in [2.75, 3.05) is 0 Å². The molecule has 0 aliphatic carbocycles. The van der Waals surface area contributed by atoms with Crippen molar-refractivity contribution in [3.8, 4) is 0 Å². The lowest BCUT2D eigenvalue weighted by atomic mass is 10.5. The van der Waals surface area contributed by atoms with Gasteiger partial charge in [-0.3, -0.25) is 0 Å². The minimum atomic E-state index is -0.167. The van der Waals surface area contributed by atoms with Crippen molar-refractivity contribution in [3.63, 3.8) is 0 Å². The highest BCUT2D eigenvalue weighted by Crippen LogP contribution is 1.71. The number of rotatable bonds is 1. The molecule has 10 heavy (non-hydrogen) atoms.